The molecule has 1 amide bonds. The van der Waals surface area contributed by atoms with Crippen LogP contribution >= 0.6 is 0 Å². The highest BCUT2D eigenvalue weighted by molar-refractivity contribution is 6.04. The molecule has 20 heavy (non-hydrogen) atoms. The number of nitrogens with one attached hydrogen (secondary N) is 1. The Bertz CT molecular complexity index is 623. The van der Waals surface area contributed by atoms with E-state index in [1.807, 2.05) is 12.1 Å². The van der Waals surface area contributed by atoms with Crippen LogP contribution in [-0.4, -0.2) is 28.0 Å². The maximum absolute atomic E-state index is 12.4. The third-order valence-electron chi connectivity index (χ3n) is 3.88. The first kappa shape index (κ1) is 13.0. The molecular formula is C15H18N4O. The summed E-state index contributed by atoms with van der Waals surface area (Å²) in [5.74, 6) is -0.113. The minimum atomic E-state index is -0.113. The van der Waals surface area contributed by atoms with Gasteiger partial charge < -0.3 is 11.1 Å². The second kappa shape index (κ2) is 5.54. The molecule has 1 saturated carbocycles. The van der Waals surface area contributed by atoms with Crippen molar-refractivity contribution < 1.29 is 4.79 Å². The van der Waals surface area contributed by atoms with E-state index >= 15 is 0 Å². The lowest BCUT2D eigenvalue weighted by Crippen LogP contribution is -2.49. The first-order valence-electron chi connectivity index (χ1n) is 7.02. The molecule has 1 aromatic heterocycles. The van der Waals surface area contributed by atoms with Crippen LogP contribution in [0.25, 0.3) is 11.0 Å². The van der Waals surface area contributed by atoms with Crippen molar-refractivity contribution in [2.24, 2.45) is 5.73 Å². The molecule has 1 aromatic carbocycles. The van der Waals surface area contributed by atoms with Gasteiger partial charge in [-0.15, -0.1) is 0 Å². The Balaban J connectivity index is 1.85. The summed E-state index contributed by atoms with van der Waals surface area (Å²) >= 11 is 0. The van der Waals surface area contributed by atoms with E-state index in [9.17, 15) is 4.79 Å². The Morgan fingerprint density at radius 1 is 1.20 bits per heavy atom. The normalized spacial score (nSPS) is 22.6. The number of aromatic nitrogens is 2. The van der Waals surface area contributed by atoms with Crippen molar-refractivity contribution in [3.8, 4) is 0 Å². The van der Waals surface area contributed by atoms with Gasteiger partial charge in [0.05, 0.1) is 11.1 Å². The maximum Gasteiger partial charge on any atom is 0.253 e. The predicted octanol–water partition coefficient (Wildman–Crippen LogP) is 1.63. The molecule has 5 nitrogen and oxygen atoms in total. The molecule has 1 aliphatic rings. The lowest BCUT2D eigenvalue weighted by molar-refractivity contribution is 0.0923. The molecule has 0 spiro atoms. The summed E-state index contributed by atoms with van der Waals surface area (Å²) < 4.78 is 0. The molecule has 3 rings (SSSR count). The fourth-order valence-corrected chi connectivity index (χ4v) is 2.76. The van der Waals surface area contributed by atoms with E-state index in [4.69, 9.17) is 5.73 Å². The lowest BCUT2D eigenvalue weighted by atomic mass is 9.91. The molecule has 0 aliphatic heterocycles. The number of hydrogen-bond acceptors (Lipinski definition) is 4. The monoisotopic (exact) mass is 270 g/mol. The van der Waals surface area contributed by atoms with Crippen molar-refractivity contribution in [1.82, 2.24) is 15.3 Å². The molecule has 1 aliphatic carbocycles. The highest BCUT2D eigenvalue weighted by Gasteiger charge is 2.24. The van der Waals surface area contributed by atoms with E-state index in [2.05, 4.69) is 15.3 Å². The zero-order chi connectivity index (χ0) is 13.9. The minimum absolute atomic E-state index is 0.0498. The summed E-state index contributed by atoms with van der Waals surface area (Å²) in [5, 5.41) is 3.05. The zero-order valence-electron chi connectivity index (χ0n) is 11.2. The number of amides is 1. The van der Waals surface area contributed by atoms with Crippen LogP contribution in [0.1, 0.15) is 36.0 Å². The van der Waals surface area contributed by atoms with E-state index in [1.165, 1.54) is 0 Å². The number of carbonyl (C=O) groups is 1. The van der Waals surface area contributed by atoms with E-state index < -0.39 is 0 Å². The number of para-hydroxylation sites is 1. The largest absolute Gasteiger partial charge is 0.348 e. The smallest absolute Gasteiger partial charge is 0.253 e. The van der Waals surface area contributed by atoms with Crippen LogP contribution in [0.2, 0.25) is 0 Å². The average molecular weight is 270 g/mol. The van der Waals surface area contributed by atoms with Gasteiger partial charge in [-0.2, -0.15) is 0 Å². The average Bonchev–Trinajstić information content (AvgIpc) is 2.49. The molecule has 5 heteroatoms. The van der Waals surface area contributed by atoms with Crippen molar-refractivity contribution in [3.63, 3.8) is 0 Å². The number of fused-ring (bicyclic) bond motifs is 1. The Morgan fingerprint density at radius 3 is 2.85 bits per heavy atom. The van der Waals surface area contributed by atoms with Crippen LogP contribution in [0.5, 0.6) is 0 Å². The van der Waals surface area contributed by atoms with Crippen molar-refractivity contribution >= 4 is 16.9 Å². The van der Waals surface area contributed by atoms with Gasteiger partial charge in [-0.25, -0.2) is 0 Å². The lowest BCUT2D eigenvalue weighted by Gasteiger charge is -2.29. The van der Waals surface area contributed by atoms with E-state index in [0.29, 0.717) is 11.1 Å². The topological polar surface area (TPSA) is 80.9 Å². The number of nitrogens with zero attached hydrogens (tertiary/aromatic N) is 2. The van der Waals surface area contributed by atoms with Crippen LogP contribution in [0, 0.1) is 0 Å². The fraction of sp³-hybridized carbons (Fsp3) is 0.400. The number of nitrogens with two attached hydrogens (primary N) is 1. The number of benzene rings is 1. The minimum Gasteiger partial charge on any atom is -0.348 e. The first-order chi connectivity index (χ1) is 9.75. The van der Waals surface area contributed by atoms with Crippen molar-refractivity contribution in [1.29, 1.82) is 0 Å². The van der Waals surface area contributed by atoms with Gasteiger partial charge in [-0.3, -0.25) is 14.8 Å². The van der Waals surface area contributed by atoms with Crippen molar-refractivity contribution in [3.05, 3.63) is 36.2 Å². The molecule has 104 valence electrons. The molecule has 0 bridgehead atoms. The molecule has 1 heterocycles. The summed E-state index contributed by atoms with van der Waals surface area (Å²) in [6, 6.07) is 5.57. The molecule has 3 N–H and O–H groups in total. The van der Waals surface area contributed by atoms with Gasteiger partial charge in [-0.05, 0) is 25.0 Å². The van der Waals surface area contributed by atoms with Crippen molar-refractivity contribution in [2.75, 3.05) is 0 Å². The molecule has 0 saturated heterocycles. The highest BCUT2D eigenvalue weighted by Crippen LogP contribution is 2.19. The van der Waals surface area contributed by atoms with Crippen LogP contribution in [0.15, 0.2) is 30.6 Å². The van der Waals surface area contributed by atoms with Crippen LogP contribution in [0.4, 0.5) is 0 Å². The SMILES string of the molecule is NC1CCCCC1NC(=O)c1cccc2nccnc12. The highest BCUT2D eigenvalue weighted by atomic mass is 16.1. The number of hydrogen-bond donors (Lipinski definition) is 2. The molecule has 2 unspecified atom stereocenters. The van der Waals surface area contributed by atoms with Gasteiger partial charge in [0.15, 0.2) is 0 Å². The molecular weight excluding hydrogens is 252 g/mol. The summed E-state index contributed by atoms with van der Waals surface area (Å²) in [6.45, 7) is 0. The third kappa shape index (κ3) is 2.49. The first-order valence-corrected chi connectivity index (χ1v) is 7.02. The van der Waals surface area contributed by atoms with Gasteiger partial charge in [0.1, 0.15) is 5.52 Å². The second-order valence-electron chi connectivity index (χ2n) is 5.26. The zero-order valence-corrected chi connectivity index (χ0v) is 11.2. The molecule has 2 aromatic rings. The number of carbonyl (C=O) groups excluding carboxylic acids is 1. The van der Waals surface area contributed by atoms with Crippen LogP contribution in [0.3, 0.4) is 0 Å². The summed E-state index contributed by atoms with van der Waals surface area (Å²) in [7, 11) is 0. The fourth-order valence-electron chi connectivity index (χ4n) is 2.76. The summed E-state index contributed by atoms with van der Waals surface area (Å²) in [6.07, 6.45) is 7.41. The number of rotatable bonds is 2. The van der Waals surface area contributed by atoms with Gasteiger partial charge >= 0.3 is 0 Å². The van der Waals surface area contributed by atoms with Crippen LogP contribution in [-0.2, 0) is 0 Å². The Hall–Kier alpha value is -2.01. The molecule has 1 fully saturated rings. The Kier molecular flexibility index (Phi) is 3.60. The standard InChI is InChI=1S/C15H18N4O/c16-11-5-1-2-6-12(11)19-15(20)10-4-3-7-13-14(10)18-9-8-17-13/h3-4,7-9,11-12H,1-2,5-6,16H2,(H,19,20). The quantitative estimate of drug-likeness (QED) is 0.869. The van der Waals surface area contributed by atoms with E-state index in [1.54, 1.807) is 18.5 Å². The summed E-state index contributed by atoms with van der Waals surface area (Å²) in [5.41, 5.74) is 8.00. The predicted molar refractivity (Wildman–Crippen MR) is 77.2 cm³/mol. The van der Waals surface area contributed by atoms with Gasteiger partial charge in [0.25, 0.3) is 5.91 Å². The van der Waals surface area contributed by atoms with Gasteiger partial charge in [-0.1, -0.05) is 18.9 Å². The van der Waals surface area contributed by atoms with E-state index in [0.717, 1.165) is 31.2 Å². The van der Waals surface area contributed by atoms with Gasteiger partial charge in [0, 0.05) is 24.5 Å². The Morgan fingerprint density at radius 2 is 2.00 bits per heavy atom. The second-order valence-corrected chi connectivity index (χ2v) is 5.26. The van der Waals surface area contributed by atoms with Crippen molar-refractivity contribution in [2.45, 2.75) is 37.8 Å². The van der Waals surface area contributed by atoms with Gasteiger partial charge in [0.2, 0.25) is 0 Å². The van der Waals surface area contributed by atoms with E-state index in [-0.39, 0.29) is 18.0 Å². The van der Waals surface area contributed by atoms with Crippen LogP contribution < -0.4 is 11.1 Å². The maximum atomic E-state index is 12.4. The third-order valence-corrected chi connectivity index (χ3v) is 3.88. The summed E-state index contributed by atoms with van der Waals surface area (Å²) in [4.78, 5) is 20.9. The molecule has 2 atom stereocenters. The molecule has 0 radical (unpaired) electrons. The Labute approximate surface area is 117 Å².